The van der Waals surface area contributed by atoms with Crippen LogP contribution in [0.15, 0.2) is 35.5 Å². The number of H-pyrrole nitrogens is 1. The highest BCUT2D eigenvalue weighted by molar-refractivity contribution is 5.93. The molecule has 8 heteroatoms. The summed E-state index contributed by atoms with van der Waals surface area (Å²) >= 11 is 0. The van der Waals surface area contributed by atoms with Crippen LogP contribution in [0.3, 0.4) is 0 Å². The van der Waals surface area contributed by atoms with Gasteiger partial charge in [-0.15, -0.1) is 0 Å². The number of nitrogens with one attached hydrogen (secondary N) is 2. The van der Waals surface area contributed by atoms with Crippen LogP contribution >= 0.6 is 0 Å². The first-order valence-corrected chi connectivity index (χ1v) is 8.01. The average molecular weight is 341 g/mol. The van der Waals surface area contributed by atoms with Gasteiger partial charge in [-0.2, -0.15) is 4.39 Å². The topological polar surface area (TPSA) is 92.2 Å². The second-order valence-corrected chi connectivity index (χ2v) is 6.31. The zero-order valence-corrected chi connectivity index (χ0v) is 13.5. The van der Waals surface area contributed by atoms with Crippen molar-refractivity contribution < 1.29 is 9.18 Å². The maximum absolute atomic E-state index is 14.4. The van der Waals surface area contributed by atoms with Crippen LogP contribution < -0.4 is 10.9 Å². The van der Waals surface area contributed by atoms with Crippen LogP contribution in [-0.4, -0.2) is 31.3 Å². The quantitative estimate of drug-likeness (QED) is 0.756. The summed E-state index contributed by atoms with van der Waals surface area (Å²) in [5, 5.41) is 2.80. The van der Waals surface area contributed by atoms with Crippen LogP contribution in [0, 0.1) is 12.9 Å². The summed E-state index contributed by atoms with van der Waals surface area (Å²) in [6, 6.07) is 4.91. The maximum Gasteiger partial charge on any atom is 0.274 e. The third-order valence-corrected chi connectivity index (χ3v) is 4.59. The molecule has 0 aromatic carbocycles. The molecule has 1 saturated carbocycles. The summed E-state index contributed by atoms with van der Waals surface area (Å²) in [7, 11) is 0. The molecule has 1 aliphatic rings. The predicted molar refractivity (Wildman–Crippen MR) is 88.0 cm³/mol. The van der Waals surface area contributed by atoms with Crippen LogP contribution in [0.4, 0.5) is 4.39 Å². The number of aryl methyl sites for hydroxylation is 1. The molecule has 0 radical (unpaired) electrons. The van der Waals surface area contributed by atoms with Crippen LogP contribution in [0.25, 0.3) is 5.65 Å². The van der Waals surface area contributed by atoms with Crippen LogP contribution in [0.1, 0.15) is 40.5 Å². The summed E-state index contributed by atoms with van der Waals surface area (Å²) in [5.74, 6) is -1.06. The van der Waals surface area contributed by atoms with Crippen LogP contribution in [-0.2, 0) is 0 Å². The van der Waals surface area contributed by atoms with Crippen molar-refractivity contribution in [1.29, 1.82) is 0 Å². The van der Waals surface area contributed by atoms with Gasteiger partial charge in [-0.1, -0.05) is 6.07 Å². The van der Waals surface area contributed by atoms with E-state index >= 15 is 0 Å². The Morgan fingerprint density at radius 3 is 2.96 bits per heavy atom. The number of pyridine rings is 1. The Bertz CT molecular complexity index is 1020. The Morgan fingerprint density at radius 1 is 1.44 bits per heavy atom. The van der Waals surface area contributed by atoms with E-state index in [0.29, 0.717) is 24.2 Å². The second-order valence-electron chi connectivity index (χ2n) is 6.31. The van der Waals surface area contributed by atoms with E-state index in [0.717, 1.165) is 5.56 Å². The fourth-order valence-corrected chi connectivity index (χ4v) is 3.16. The molecule has 0 saturated heterocycles. The normalized spacial score (nSPS) is 19.6. The largest absolute Gasteiger partial charge is 0.348 e. The minimum absolute atomic E-state index is 0.0797. The number of carbonyl (C=O) groups excluding carboxylic acids is 1. The molecule has 1 aliphatic carbocycles. The second kappa shape index (κ2) is 5.80. The van der Waals surface area contributed by atoms with E-state index in [1.807, 2.05) is 13.0 Å². The maximum atomic E-state index is 14.4. The molecule has 1 amide bonds. The molecule has 3 heterocycles. The van der Waals surface area contributed by atoms with Gasteiger partial charge in [0.1, 0.15) is 5.65 Å². The van der Waals surface area contributed by atoms with E-state index in [9.17, 15) is 14.0 Å². The van der Waals surface area contributed by atoms with Gasteiger partial charge in [-0.25, -0.2) is 9.97 Å². The molecule has 2 N–H and O–H groups in total. The van der Waals surface area contributed by atoms with Crippen molar-refractivity contribution in [3.63, 3.8) is 0 Å². The van der Waals surface area contributed by atoms with E-state index in [1.54, 1.807) is 12.3 Å². The molecule has 25 heavy (non-hydrogen) atoms. The highest BCUT2D eigenvalue weighted by atomic mass is 19.1. The number of aromatic amines is 1. The monoisotopic (exact) mass is 341 g/mol. The number of hydrogen-bond acceptors (Lipinski definition) is 4. The van der Waals surface area contributed by atoms with Gasteiger partial charge in [0.2, 0.25) is 5.95 Å². The molecule has 0 bridgehead atoms. The molecule has 128 valence electrons. The first kappa shape index (κ1) is 15.5. The number of rotatable bonds is 3. The average Bonchev–Trinajstić information content (AvgIpc) is 2.89. The van der Waals surface area contributed by atoms with Crippen molar-refractivity contribution in [2.75, 3.05) is 0 Å². The molecule has 0 atom stereocenters. The molecule has 0 spiro atoms. The first-order valence-electron chi connectivity index (χ1n) is 8.01. The Hall–Kier alpha value is -3.03. The molecule has 0 unspecified atom stereocenters. The van der Waals surface area contributed by atoms with E-state index in [-0.39, 0.29) is 23.2 Å². The summed E-state index contributed by atoms with van der Waals surface area (Å²) in [5.41, 5.74) is 1.55. The van der Waals surface area contributed by atoms with Crippen molar-refractivity contribution in [3.05, 3.63) is 64.0 Å². The number of fused-ring (bicyclic) bond motifs is 1. The number of hydrogen-bond donors (Lipinski definition) is 2. The number of amides is 1. The molecular weight excluding hydrogens is 325 g/mol. The third-order valence-electron chi connectivity index (χ3n) is 4.59. The number of halogens is 1. The van der Waals surface area contributed by atoms with Crippen LogP contribution in [0.5, 0.6) is 0 Å². The molecule has 1 fully saturated rings. The smallest absolute Gasteiger partial charge is 0.274 e. The van der Waals surface area contributed by atoms with E-state index < -0.39 is 11.9 Å². The number of aromatic nitrogens is 4. The first-order chi connectivity index (χ1) is 12.0. The van der Waals surface area contributed by atoms with Gasteiger partial charge in [0.25, 0.3) is 11.5 Å². The standard InChI is InChI=1S/C17H16FN5O2/c1-9-3-2-4-23-15(18)14(22-16(9)23)17(25)21-11-5-10(6-11)12-7-13(24)20-8-19-12/h2-4,7-8,10-11H,5-6H2,1H3,(H,21,25)(H,19,20,24). The van der Waals surface area contributed by atoms with Crippen molar-refractivity contribution in [2.45, 2.75) is 31.7 Å². The van der Waals surface area contributed by atoms with E-state index in [2.05, 4.69) is 20.3 Å². The molecule has 4 rings (SSSR count). The summed E-state index contributed by atoms with van der Waals surface area (Å²) in [4.78, 5) is 34.4. The lowest BCUT2D eigenvalue weighted by Crippen LogP contribution is -2.44. The fraction of sp³-hybridized carbons (Fsp3) is 0.294. The van der Waals surface area contributed by atoms with Gasteiger partial charge >= 0.3 is 0 Å². The van der Waals surface area contributed by atoms with E-state index in [4.69, 9.17) is 0 Å². The fourth-order valence-electron chi connectivity index (χ4n) is 3.16. The Kier molecular flexibility index (Phi) is 3.60. The van der Waals surface area contributed by atoms with Crippen molar-refractivity contribution in [2.24, 2.45) is 0 Å². The third kappa shape index (κ3) is 2.69. The molecular formula is C17H16FN5O2. The van der Waals surface area contributed by atoms with Gasteiger partial charge in [0.15, 0.2) is 5.69 Å². The highest BCUT2D eigenvalue weighted by Gasteiger charge is 2.33. The van der Waals surface area contributed by atoms with E-state index in [1.165, 1.54) is 16.8 Å². The molecule has 3 aromatic heterocycles. The lowest BCUT2D eigenvalue weighted by atomic mass is 9.78. The SMILES string of the molecule is Cc1cccn2c(F)c(C(=O)NC3CC(c4cc(=O)[nH]cn4)C3)nc12. The van der Waals surface area contributed by atoms with Gasteiger partial charge in [-0.3, -0.25) is 14.0 Å². The number of carbonyl (C=O) groups is 1. The molecule has 3 aromatic rings. The Labute approximate surface area is 141 Å². The summed E-state index contributed by atoms with van der Waals surface area (Å²) in [6.07, 6.45) is 4.24. The lowest BCUT2D eigenvalue weighted by Gasteiger charge is -2.35. The molecule has 7 nitrogen and oxygen atoms in total. The Morgan fingerprint density at radius 2 is 2.24 bits per heavy atom. The summed E-state index contributed by atoms with van der Waals surface area (Å²) < 4.78 is 15.7. The predicted octanol–water partition coefficient (Wildman–Crippen LogP) is 1.54. The van der Waals surface area contributed by atoms with Crippen LogP contribution in [0.2, 0.25) is 0 Å². The zero-order valence-electron chi connectivity index (χ0n) is 13.5. The zero-order chi connectivity index (χ0) is 17.6. The van der Waals surface area contributed by atoms with Gasteiger partial charge < -0.3 is 10.3 Å². The lowest BCUT2D eigenvalue weighted by molar-refractivity contribution is 0.0899. The van der Waals surface area contributed by atoms with Gasteiger partial charge in [0, 0.05) is 24.2 Å². The summed E-state index contributed by atoms with van der Waals surface area (Å²) in [6.45, 7) is 1.81. The van der Waals surface area contributed by atoms with Crippen molar-refractivity contribution in [1.82, 2.24) is 24.7 Å². The number of nitrogens with zero attached hydrogens (tertiary/aromatic N) is 3. The minimum atomic E-state index is -0.664. The van der Waals surface area contributed by atoms with Gasteiger partial charge in [-0.05, 0) is 31.4 Å². The highest BCUT2D eigenvalue weighted by Crippen LogP contribution is 2.35. The van der Waals surface area contributed by atoms with Crippen molar-refractivity contribution in [3.8, 4) is 0 Å². The number of imidazole rings is 1. The van der Waals surface area contributed by atoms with Gasteiger partial charge in [0.05, 0.1) is 12.0 Å². The minimum Gasteiger partial charge on any atom is -0.348 e. The molecule has 0 aliphatic heterocycles. The Balaban J connectivity index is 1.46. The van der Waals surface area contributed by atoms with Crippen molar-refractivity contribution >= 4 is 11.6 Å².